The van der Waals surface area contributed by atoms with Crippen molar-refractivity contribution in [2.75, 3.05) is 0 Å². The number of carbonyl (C=O) groups is 1. The van der Waals surface area contributed by atoms with Crippen LogP contribution in [0.3, 0.4) is 0 Å². The molecular formula is C10H14F3N3O. The minimum Gasteiger partial charge on any atom is -0.364 e. The van der Waals surface area contributed by atoms with Crippen molar-refractivity contribution in [3.05, 3.63) is 17.0 Å². The number of nitrogens with two attached hydrogens (primary N) is 1. The van der Waals surface area contributed by atoms with Crippen molar-refractivity contribution in [2.24, 2.45) is 12.8 Å². The molecule has 96 valence electrons. The minimum absolute atomic E-state index is 0.0615. The molecule has 2 N–H and O–H groups in total. The first kappa shape index (κ1) is 13.5. The number of hydrogen-bond acceptors (Lipinski definition) is 2. The van der Waals surface area contributed by atoms with Crippen molar-refractivity contribution in [1.29, 1.82) is 0 Å². The topological polar surface area (TPSA) is 60.9 Å². The number of primary amides is 1. The molecule has 0 saturated heterocycles. The normalized spacial score (nSPS) is 11.8. The van der Waals surface area contributed by atoms with E-state index in [1.165, 1.54) is 4.68 Å². The van der Waals surface area contributed by atoms with Crippen LogP contribution < -0.4 is 5.73 Å². The Hall–Kier alpha value is -1.53. The van der Waals surface area contributed by atoms with Gasteiger partial charge in [-0.15, -0.1) is 0 Å². The van der Waals surface area contributed by atoms with Crippen molar-refractivity contribution in [3.8, 4) is 0 Å². The van der Waals surface area contributed by atoms with Gasteiger partial charge in [0.1, 0.15) is 0 Å². The highest BCUT2D eigenvalue weighted by Crippen LogP contribution is 2.25. The van der Waals surface area contributed by atoms with E-state index in [0.29, 0.717) is 17.7 Å². The quantitative estimate of drug-likeness (QED) is 0.880. The number of aromatic nitrogens is 2. The van der Waals surface area contributed by atoms with Gasteiger partial charge in [0.2, 0.25) is 0 Å². The van der Waals surface area contributed by atoms with E-state index in [4.69, 9.17) is 5.73 Å². The van der Waals surface area contributed by atoms with E-state index in [-0.39, 0.29) is 12.1 Å². The predicted molar refractivity (Wildman–Crippen MR) is 55.5 cm³/mol. The number of halogens is 3. The highest BCUT2D eigenvalue weighted by molar-refractivity contribution is 5.92. The molecule has 4 nitrogen and oxygen atoms in total. The van der Waals surface area contributed by atoms with E-state index in [0.717, 1.165) is 0 Å². The molecule has 1 heterocycles. The zero-order valence-electron chi connectivity index (χ0n) is 9.64. The van der Waals surface area contributed by atoms with Crippen molar-refractivity contribution in [3.63, 3.8) is 0 Å². The molecule has 0 unspecified atom stereocenters. The van der Waals surface area contributed by atoms with Crippen LogP contribution in [-0.4, -0.2) is 21.9 Å². The van der Waals surface area contributed by atoms with Gasteiger partial charge in [-0.1, -0.05) is 6.92 Å². The molecule has 0 aliphatic rings. The Morgan fingerprint density at radius 1 is 1.47 bits per heavy atom. The molecular weight excluding hydrogens is 235 g/mol. The molecule has 1 aromatic rings. The van der Waals surface area contributed by atoms with Crippen molar-refractivity contribution < 1.29 is 18.0 Å². The molecule has 1 aromatic heterocycles. The Balaban J connectivity index is 3.06. The van der Waals surface area contributed by atoms with E-state index in [9.17, 15) is 18.0 Å². The fourth-order valence-corrected chi connectivity index (χ4v) is 1.77. The van der Waals surface area contributed by atoms with Gasteiger partial charge in [-0.05, 0) is 12.8 Å². The summed E-state index contributed by atoms with van der Waals surface area (Å²) in [5.74, 6) is -0.794. The molecule has 0 atom stereocenters. The Morgan fingerprint density at radius 3 is 2.47 bits per heavy atom. The zero-order chi connectivity index (χ0) is 13.2. The predicted octanol–water partition coefficient (Wildman–Crippen LogP) is 1.58. The molecule has 0 bridgehead atoms. The molecule has 0 fully saturated rings. The maximum absolute atomic E-state index is 12.2. The first-order valence-corrected chi connectivity index (χ1v) is 5.17. The van der Waals surface area contributed by atoms with Gasteiger partial charge >= 0.3 is 6.18 Å². The van der Waals surface area contributed by atoms with Gasteiger partial charge < -0.3 is 5.73 Å². The Labute approximate surface area is 96.6 Å². The highest BCUT2D eigenvalue weighted by Gasteiger charge is 2.29. The summed E-state index contributed by atoms with van der Waals surface area (Å²) in [7, 11) is 1.59. The van der Waals surface area contributed by atoms with Crippen LogP contribution in [0.4, 0.5) is 13.2 Å². The summed E-state index contributed by atoms with van der Waals surface area (Å²) in [6.07, 6.45) is -5.00. The van der Waals surface area contributed by atoms with Gasteiger partial charge in [0.25, 0.3) is 5.91 Å². The molecule has 17 heavy (non-hydrogen) atoms. The van der Waals surface area contributed by atoms with E-state index >= 15 is 0 Å². The van der Waals surface area contributed by atoms with Crippen LogP contribution in [0.5, 0.6) is 0 Å². The van der Waals surface area contributed by atoms with Crippen molar-refractivity contribution >= 4 is 5.91 Å². The molecule has 0 radical (unpaired) electrons. The van der Waals surface area contributed by atoms with E-state index < -0.39 is 18.5 Å². The standard InChI is InChI=1S/C10H14F3N3O/c1-3-7-6(4-5-10(11,12)13)8(9(14)17)15-16(7)2/h3-5H2,1-2H3,(H2,14,17). The minimum atomic E-state index is -4.25. The average molecular weight is 249 g/mol. The summed E-state index contributed by atoms with van der Waals surface area (Å²) in [5.41, 5.74) is 5.95. The Morgan fingerprint density at radius 2 is 2.06 bits per heavy atom. The van der Waals surface area contributed by atoms with Crippen molar-refractivity contribution in [1.82, 2.24) is 9.78 Å². The smallest absolute Gasteiger partial charge is 0.364 e. The summed E-state index contributed by atoms with van der Waals surface area (Å²) in [6, 6.07) is 0. The second-order valence-corrected chi connectivity index (χ2v) is 3.73. The van der Waals surface area contributed by atoms with Crippen LogP contribution >= 0.6 is 0 Å². The molecule has 7 heteroatoms. The number of alkyl halides is 3. The zero-order valence-corrected chi connectivity index (χ0v) is 9.64. The second kappa shape index (κ2) is 4.77. The van der Waals surface area contributed by atoms with Gasteiger partial charge in [0.05, 0.1) is 0 Å². The summed E-state index contributed by atoms with van der Waals surface area (Å²) in [6.45, 7) is 1.79. The van der Waals surface area contributed by atoms with Crippen molar-refractivity contribution in [2.45, 2.75) is 32.4 Å². The first-order chi connectivity index (χ1) is 7.76. The van der Waals surface area contributed by atoms with Crippen LogP contribution in [-0.2, 0) is 19.9 Å². The van der Waals surface area contributed by atoms with E-state index in [2.05, 4.69) is 5.10 Å². The third-order valence-corrected chi connectivity index (χ3v) is 2.50. The highest BCUT2D eigenvalue weighted by atomic mass is 19.4. The lowest BCUT2D eigenvalue weighted by Gasteiger charge is -2.07. The number of amides is 1. The number of rotatable bonds is 4. The molecule has 1 rings (SSSR count). The summed E-state index contributed by atoms with van der Waals surface area (Å²) >= 11 is 0. The van der Waals surface area contributed by atoms with Gasteiger partial charge in [-0.3, -0.25) is 9.48 Å². The molecule has 1 amide bonds. The summed E-state index contributed by atoms with van der Waals surface area (Å²) in [4.78, 5) is 11.1. The Bertz CT molecular complexity index is 423. The van der Waals surface area contributed by atoms with Gasteiger partial charge in [0, 0.05) is 24.7 Å². The maximum atomic E-state index is 12.2. The van der Waals surface area contributed by atoms with Gasteiger partial charge in [-0.25, -0.2) is 0 Å². The lowest BCUT2D eigenvalue weighted by molar-refractivity contribution is -0.134. The first-order valence-electron chi connectivity index (χ1n) is 5.17. The van der Waals surface area contributed by atoms with E-state index in [1.54, 1.807) is 14.0 Å². The fraction of sp³-hybridized carbons (Fsp3) is 0.600. The third kappa shape index (κ3) is 3.21. The van der Waals surface area contributed by atoms with Crippen LogP contribution in [0.15, 0.2) is 0 Å². The molecule has 0 aromatic carbocycles. The van der Waals surface area contributed by atoms with Crippen LogP contribution in [0, 0.1) is 0 Å². The summed E-state index contributed by atoms with van der Waals surface area (Å²) < 4.78 is 37.9. The Kier molecular flexibility index (Phi) is 3.79. The number of nitrogens with zero attached hydrogens (tertiary/aromatic N) is 2. The van der Waals surface area contributed by atoms with Gasteiger partial charge in [0.15, 0.2) is 5.69 Å². The summed E-state index contributed by atoms with van der Waals surface area (Å²) in [5, 5.41) is 3.86. The molecule has 0 spiro atoms. The lowest BCUT2D eigenvalue weighted by atomic mass is 10.0. The third-order valence-electron chi connectivity index (χ3n) is 2.50. The fourth-order valence-electron chi connectivity index (χ4n) is 1.77. The monoisotopic (exact) mass is 249 g/mol. The molecule has 0 aliphatic heterocycles. The SMILES string of the molecule is CCc1c(CCC(F)(F)F)c(C(N)=O)nn1C. The number of aryl methyl sites for hydroxylation is 1. The van der Waals surface area contributed by atoms with E-state index in [1.807, 2.05) is 0 Å². The maximum Gasteiger partial charge on any atom is 0.389 e. The number of hydrogen-bond donors (Lipinski definition) is 1. The van der Waals surface area contributed by atoms with Crippen LogP contribution in [0.25, 0.3) is 0 Å². The van der Waals surface area contributed by atoms with Gasteiger partial charge in [-0.2, -0.15) is 18.3 Å². The molecule has 0 aliphatic carbocycles. The lowest BCUT2D eigenvalue weighted by Crippen LogP contribution is -2.16. The largest absolute Gasteiger partial charge is 0.389 e. The van der Waals surface area contributed by atoms with Crippen LogP contribution in [0.2, 0.25) is 0 Å². The number of carbonyl (C=O) groups excluding carboxylic acids is 1. The molecule has 0 saturated carbocycles. The second-order valence-electron chi connectivity index (χ2n) is 3.73. The average Bonchev–Trinajstić information content (AvgIpc) is 2.50. The van der Waals surface area contributed by atoms with Crippen LogP contribution in [0.1, 0.15) is 35.1 Å².